The molecule has 0 N–H and O–H groups in total. The number of carbonyl (C=O) groups excluding carboxylic acids is 1. The van der Waals surface area contributed by atoms with Gasteiger partial charge in [0.15, 0.2) is 0 Å². The number of carbonyl (C=O) groups is 1. The molecule has 4 rings (SSSR count). The molecular formula is C23H31F3N2O. The standard InChI is InChI=1S/C23H31F3N2O/c24-23(25,26)20-10-6-9-18(13-20)21-16-28(22(29)17-7-2-3-8-17)15-19(21)14-27-11-4-1-5-12-27/h6,9-10,13,17,19,21H,1-5,7-8,11-12,14-16H2/t19-,21+/m1/s1. The molecule has 0 radical (unpaired) electrons. The zero-order chi connectivity index (χ0) is 20.4. The largest absolute Gasteiger partial charge is 0.416 e. The Hall–Kier alpha value is -1.56. The van der Waals surface area contributed by atoms with E-state index >= 15 is 0 Å². The second kappa shape index (κ2) is 8.66. The van der Waals surface area contributed by atoms with E-state index in [-0.39, 0.29) is 23.7 Å². The minimum absolute atomic E-state index is 0.0235. The number of alkyl halides is 3. The van der Waals surface area contributed by atoms with Crippen molar-refractivity contribution in [1.82, 2.24) is 9.80 Å². The lowest BCUT2D eigenvalue weighted by atomic mass is 9.87. The van der Waals surface area contributed by atoms with Crippen LogP contribution in [0.4, 0.5) is 13.2 Å². The predicted molar refractivity (Wildman–Crippen MR) is 107 cm³/mol. The zero-order valence-corrected chi connectivity index (χ0v) is 17.0. The van der Waals surface area contributed by atoms with Gasteiger partial charge in [0.05, 0.1) is 5.56 Å². The van der Waals surface area contributed by atoms with Gasteiger partial charge in [0.25, 0.3) is 0 Å². The average molecular weight is 409 g/mol. The number of hydrogen-bond acceptors (Lipinski definition) is 2. The summed E-state index contributed by atoms with van der Waals surface area (Å²) < 4.78 is 39.8. The zero-order valence-electron chi connectivity index (χ0n) is 17.0. The van der Waals surface area contributed by atoms with E-state index in [4.69, 9.17) is 0 Å². The van der Waals surface area contributed by atoms with E-state index in [0.29, 0.717) is 13.1 Å². The number of halogens is 3. The van der Waals surface area contributed by atoms with E-state index in [1.807, 2.05) is 11.0 Å². The molecule has 2 saturated heterocycles. The van der Waals surface area contributed by atoms with Crippen molar-refractivity contribution >= 4 is 5.91 Å². The third-order valence-electron chi connectivity index (χ3n) is 7.04. The van der Waals surface area contributed by atoms with E-state index in [2.05, 4.69) is 4.90 Å². The van der Waals surface area contributed by atoms with E-state index in [0.717, 1.165) is 56.9 Å². The number of hydrogen-bond donors (Lipinski definition) is 0. The molecule has 0 aromatic heterocycles. The molecule has 0 bridgehead atoms. The smallest absolute Gasteiger partial charge is 0.341 e. The lowest BCUT2D eigenvalue weighted by molar-refractivity contribution is -0.137. The van der Waals surface area contributed by atoms with Crippen LogP contribution in [0.2, 0.25) is 0 Å². The van der Waals surface area contributed by atoms with Gasteiger partial charge in [0.1, 0.15) is 0 Å². The molecule has 2 atom stereocenters. The van der Waals surface area contributed by atoms with Crippen molar-refractivity contribution in [2.75, 3.05) is 32.7 Å². The summed E-state index contributed by atoms with van der Waals surface area (Å²) in [4.78, 5) is 17.4. The predicted octanol–water partition coefficient (Wildman–Crippen LogP) is 4.92. The Morgan fingerprint density at radius 3 is 2.41 bits per heavy atom. The van der Waals surface area contributed by atoms with Crippen LogP contribution in [0.5, 0.6) is 0 Å². The molecule has 1 aliphatic carbocycles. The highest BCUT2D eigenvalue weighted by molar-refractivity contribution is 5.79. The van der Waals surface area contributed by atoms with Crippen LogP contribution in [0.15, 0.2) is 24.3 Å². The summed E-state index contributed by atoms with van der Waals surface area (Å²) in [6.45, 7) is 4.21. The molecule has 0 spiro atoms. The van der Waals surface area contributed by atoms with Crippen LogP contribution in [0.25, 0.3) is 0 Å². The summed E-state index contributed by atoms with van der Waals surface area (Å²) in [5.74, 6) is 0.512. The summed E-state index contributed by atoms with van der Waals surface area (Å²) in [5.41, 5.74) is 0.135. The van der Waals surface area contributed by atoms with E-state index in [9.17, 15) is 18.0 Å². The van der Waals surface area contributed by atoms with Crippen LogP contribution >= 0.6 is 0 Å². The summed E-state index contributed by atoms with van der Waals surface area (Å²) in [6, 6.07) is 5.77. The topological polar surface area (TPSA) is 23.6 Å². The molecule has 3 nitrogen and oxygen atoms in total. The molecule has 1 aromatic rings. The summed E-state index contributed by atoms with van der Waals surface area (Å²) >= 11 is 0. The van der Waals surface area contributed by atoms with E-state index < -0.39 is 11.7 Å². The first kappa shape index (κ1) is 20.7. The Kier molecular flexibility index (Phi) is 6.19. The fourth-order valence-electron chi connectivity index (χ4n) is 5.46. The highest BCUT2D eigenvalue weighted by atomic mass is 19.4. The number of benzene rings is 1. The van der Waals surface area contributed by atoms with E-state index in [1.165, 1.54) is 31.4 Å². The average Bonchev–Trinajstić information content (AvgIpc) is 3.38. The summed E-state index contributed by atoms with van der Waals surface area (Å²) in [6.07, 6.45) is 3.43. The number of likely N-dealkylation sites (tertiary alicyclic amines) is 2. The van der Waals surface area contributed by atoms with Gasteiger partial charge in [-0.05, 0) is 56.3 Å². The number of piperidine rings is 1. The maximum absolute atomic E-state index is 13.3. The van der Waals surface area contributed by atoms with Crippen molar-refractivity contribution in [3.63, 3.8) is 0 Å². The first-order chi connectivity index (χ1) is 13.9. The maximum Gasteiger partial charge on any atom is 0.416 e. The van der Waals surface area contributed by atoms with Gasteiger partial charge in [-0.25, -0.2) is 0 Å². The van der Waals surface area contributed by atoms with Gasteiger partial charge >= 0.3 is 6.18 Å². The number of amides is 1. The number of rotatable bonds is 4. The van der Waals surface area contributed by atoms with Crippen molar-refractivity contribution in [3.05, 3.63) is 35.4 Å². The Bertz CT molecular complexity index is 708. The van der Waals surface area contributed by atoms with Crippen molar-refractivity contribution in [2.45, 2.75) is 57.0 Å². The second-order valence-corrected chi connectivity index (χ2v) is 9.08. The Labute approximate surface area is 171 Å². The van der Waals surface area contributed by atoms with Gasteiger partial charge in [0, 0.05) is 31.5 Å². The Morgan fingerprint density at radius 1 is 1.00 bits per heavy atom. The van der Waals surface area contributed by atoms with Crippen LogP contribution in [-0.2, 0) is 11.0 Å². The minimum atomic E-state index is -4.34. The maximum atomic E-state index is 13.3. The first-order valence-electron chi connectivity index (χ1n) is 11.1. The normalized spacial score (nSPS) is 26.9. The second-order valence-electron chi connectivity index (χ2n) is 9.08. The highest BCUT2D eigenvalue weighted by Gasteiger charge is 2.40. The van der Waals surface area contributed by atoms with Gasteiger partial charge in [-0.15, -0.1) is 0 Å². The lowest BCUT2D eigenvalue weighted by Crippen LogP contribution is -2.37. The van der Waals surface area contributed by atoms with Crippen LogP contribution in [0.1, 0.15) is 62.0 Å². The molecule has 1 amide bonds. The van der Waals surface area contributed by atoms with Gasteiger partial charge in [-0.3, -0.25) is 4.79 Å². The quantitative estimate of drug-likeness (QED) is 0.706. The van der Waals surface area contributed by atoms with Crippen molar-refractivity contribution < 1.29 is 18.0 Å². The molecule has 29 heavy (non-hydrogen) atoms. The van der Waals surface area contributed by atoms with Crippen LogP contribution in [0, 0.1) is 11.8 Å². The number of nitrogens with zero attached hydrogens (tertiary/aromatic N) is 2. The van der Waals surface area contributed by atoms with Crippen LogP contribution in [-0.4, -0.2) is 48.4 Å². The monoisotopic (exact) mass is 408 g/mol. The molecule has 2 heterocycles. The molecular weight excluding hydrogens is 377 g/mol. The van der Waals surface area contributed by atoms with Gasteiger partial charge in [-0.1, -0.05) is 37.5 Å². The van der Waals surface area contributed by atoms with E-state index in [1.54, 1.807) is 0 Å². The van der Waals surface area contributed by atoms with Crippen LogP contribution in [0.3, 0.4) is 0 Å². The van der Waals surface area contributed by atoms with Gasteiger partial charge in [-0.2, -0.15) is 13.2 Å². The molecule has 3 fully saturated rings. The highest BCUT2D eigenvalue weighted by Crippen LogP contribution is 2.38. The summed E-state index contributed by atoms with van der Waals surface area (Å²) in [5, 5.41) is 0. The molecule has 1 aromatic carbocycles. The SMILES string of the molecule is O=C(C1CCCC1)N1C[C@@H](CN2CCCCC2)[C@H](c2cccc(C(F)(F)F)c2)C1. The summed E-state index contributed by atoms with van der Waals surface area (Å²) in [7, 11) is 0. The first-order valence-corrected chi connectivity index (χ1v) is 11.1. The van der Waals surface area contributed by atoms with Crippen molar-refractivity contribution in [3.8, 4) is 0 Å². The van der Waals surface area contributed by atoms with Crippen molar-refractivity contribution in [1.29, 1.82) is 0 Å². The van der Waals surface area contributed by atoms with Crippen LogP contribution < -0.4 is 0 Å². The fraction of sp³-hybridized carbons (Fsp3) is 0.696. The molecule has 160 valence electrons. The Morgan fingerprint density at radius 2 is 1.72 bits per heavy atom. The Balaban J connectivity index is 1.55. The van der Waals surface area contributed by atoms with Gasteiger partial charge in [0.2, 0.25) is 5.91 Å². The molecule has 3 aliphatic rings. The molecule has 0 unspecified atom stereocenters. The molecule has 6 heteroatoms. The third-order valence-corrected chi connectivity index (χ3v) is 7.04. The van der Waals surface area contributed by atoms with Crippen molar-refractivity contribution in [2.24, 2.45) is 11.8 Å². The third kappa shape index (κ3) is 4.79. The molecule has 1 saturated carbocycles. The fourth-order valence-corrected chi connectivity index (χ4v) is 5.46. The lowest BCUT2D eigenvalue weighted by Gasteiger charge is -2.31. The molecule has 2 aliphatic heterocycles. The van der Waals surface area contributed by atoms with Gasteiger partial charge < -0.3 is 9.80 Å². The minimum Gasteiger partial charge on any atom is -0.341 e.